The molecule has 0 bridgehead atoms. The van der Waals surface area contributed by atoms with Crippen molar-refractivity contribution in [1.29, 1.82) is 0 Å². The second kappa shape index (κ2) is 8.56. The fourth-order valence-electron chi connectivity index (χ4n) is 2.93. The third-order valence-corrected chi connectivity index (χ3v) is 4.37. The number of carbonyl (C=O) groups is 1. The lowest BCUT2D eigenvalue weighted by molar-refractivity contribution is -0.122. The number of aromatic hydroxyl groups is 1. The molecule has 0 saturated carbocycles. The topological polar surface area (TPSA) is 60.8 Å². The number of benzene rings is 3. The highest BCUT2D eigenvalue weighted by Gasteiger charge is 2.26. The molecule has 3 rings (SSSR count). The minimum atomic E-state index is -0.609. The lowest BCUT2D eigenvalue weighted by atomic mass is 9.92. The van der Waals surface area contributed by atoms with E-state index in [-0.39, 0.29) is 18.3 Å². The molecule has 0 spiro atoms. The van der Waals surface area contributed by atoms with Crippen LogP contribution in [0.5, 0.6) is 5.75 Å². The summed E-state index contributed by atoms with van der Waals surface area (Å²) in [5, 5.41) is 19.5. The Labute approximate surface area is 160 Å². The van der Waals surface area contributed by atoms with Gasteiger partial charge < -0.3 is 10.2 Å². The minimum Gasteiger partial charge on any atom is -0.508 e. The van der Waals surface area contributed by atoms with Gasteiger partial charge in [0, 0.05) is 11.4 Å². The number of aliphatic hydroxyl groups excluding tert-OH is 1. The van der Waals surface area contributed by atoms with Gasteiger partial charge in [-0.15, -0.1) is 0 Å². The van der Waals surface area contributed by atoms with E-state index in [0.717, 1.165) is 5.56 Å². The number of phenols is 1. The molecule has 0 fully saturated rings. The van der Waals surface area contributed by atoms with E-state index < -0.39 is 5.92 Å². The summed E-state index contributed by atoms with van der Waals surface area (Å²) in [6.07, 6.45) is 0.400. The second-order valence-electron chi connectivity index (χ2n) is 6.35. The number of hydrogen-bond acceptors (Lipinski definition) is 3. The van der Waals surface area contributed by atoms with Crippen molar-refractivity contribution >= 4 is 30.6 Å². The molecule has 0 heterocycles. The number of hydrogen-bond donors (Lipinski definition) is 2. The van der Waals surface area contributed by atoms with Crippen LogP contribution in [-0.2, 0) is 11.2 Å². The van der Waals surface area contributed by atoms with Gasteiger partial charge in [0.2, 0.25) is 5.91 Å². The van der Waals surface area contributed by atoms with E-state index in [1.165, 1.54) is 12.1 Å². The molecule has 3 aromatic rings. The van der Waals surface area contributed by atoms with Crippen LogP contribution in [0, 0.1) is 5.92 Å². The summed E-state index contributed by atoms with van der Waals surface area (Å²) in [6, 6.07) is 23.0. The Morgan fingerprint density at radius 2 is 1.48 bits per heavy atom. The molecule has 3 aromatic carbocycles. The smallest absolute Gasteiger partial charge is 0.237 e. The highest BCUT2D eigenvalue weighted by Crippen LogP contribution is 2.29. The largest absolute Gasteiger partial charge is 0.508 e. The maximum atomic E-state index is 13.3. The molecular formula is C22H20BNO3. The molecule has 0 aliphatic carbocycles. The maximum absolute atomic E-state index is 13.3. The van der Waals surface area contributed by atoms with Gasteiger partial charge in [-0.2, -0.15) is 0 Å². The number of anilines is 2. The molecule has 1 unspecified atom stereocenters. The Morgan fingerprint density at radius 3 is 2.07 bits per heavy atom. The first-order valence-electron chi connectivity index (χ1n) is 8.72. The zero-order valence-corrected chi connectivity index (χ0v) is 14.8. The lowest BCUT2D eigenvalue weighted by Crippen LogP contribution is -2.35. The van der Waals surface area contributed by atoms with Crippen molar-refractivity contribution in [2.75, 3.05) is 11.5 Å². The van der Waals surface area contributed by atoms with E-state index in [2.05, 4.69) is 0 Å². The van der Waals surface area contributed by atoms with Crippen LogP contribution in [0.1, 0.15) is 5.56 Å². The van der Waals surface area contributed by atoms with Gasteiger partial charge in [-0.3, -0.25) is 9.69 Å². The Bertz CT molecular complexity index is 880. The van der Waals surface area contributed by atoms with Crippen LogP contribution in [0.15, 0.2) is 78.9 Å². The Kier molecular flexibility index (Phi) is 5.94. The number of rotatable bonds is 6. The van der Waals surface area contributed by atoms with Crippen LogP contribution in [-0.4, -0.2) is 30.6 Å². The summed E-state index contributed by atoms with van der Waals surface area (Å²) in [6.45, 7) is -0.273. The number of para-hydroxylation sites is 1. The SMILES string of the molecule is [B]c1ccc(CC(CO)C(=O)N(c2ccccc2)c2ccc(O)cc2)cc1. The number of aliphatic hydroxyl groups is 1. The van der Waals surface area contributed by atoms with Crippen LogP contribution in [0.25, 0.3) is 0 Å². The van der Waals surface area contributed by atoms with Crippen LogP contribution in [0.3, 0.4) is 0 Å². The van der Waals surface area contributed by atoms with Gasteiger partial charge >= 0.3 is 0 Å². The van der Waals surface area contributed by atoms with E-state index in [1.54, 1.807) is 29.2 Å². The van der Waals surface area contributed by atoms with Crippen molar-refractivity contribution in [2.45, 2.75) is 6.42 Å². The van der Waals surface area contributed by atoms with Crippen LogP contribution in [0.2, 0.25) is 0 Å². The molecule has 5 heteroatoms. The number of amides is 1. The van der Waals surface area contributed by atoms with Gasteiger partial charge in [0.25, 0.3) is 0 Å². The molecule has 27 heavy (non-hydrogen) atoms. The van der Waals surface area contributed by atoms with Crippen molar-refractivity contribution in [3.05, 3.63) is 84.4 Å². The van der Waals surface area contributed by atoms with E-state index >= 15 is 0 Å². The molecule has 1 atom stereocenters. The monoisotopic (exact) mass is 357 g/mol. The average Bonchev–Trinajstić information content (AvgIpc) is 2.70. The average molecular weight is 357 g/mol. The highest BCUT2D eigenvalue weighted by molar-refractivity contribution is 6.32. The fraction of sp³-hybridized carbons (Fsp3) is 0.136. The number of carbonyl (C=O) groups excluding carboxylic acids is 1. The normalized spacial score (nSPS) is 11.7. The zero-order chi connectivity index (χ0) is 19.2. The molecule has 2 radical (unpaired) electrons. The number of nitrogens with zero attached hydrogens (tertiary/aromatic N) is 1. The van der Waals surface area contributed by atoms with Gasteiger partial charge in [0.05, 0.1) is 12.5 Å². The van der Waals surface area contributed by atoms with E-state index in [0.29, 0.717) is 23.3 Å². The maximum Gasteiger partial charge on any atom is 0.237 e. The Balaban J connectivity index is 1.93. The van der Waals surface area contributed by atoms with E-state index in [1.807, 2.05) is 42.5 Å². The van der Waals surface area contributed by atoms with Gasteiger partial charge in [-0.1, -0.05) is 47.9 Å². The summed E-state index contributed by atoms with van der Waals surface area (Å²) < 4.78 is 0. The second-order valence-corrected chi connectivity index (χ2v) is 6.35. The van der Waals surface area contributed by atoms with Crippen LogP contribution >= 0.6 is 0 Å². The summed E-state index contributed by atoms with van der Waals surface area (Å²) in [5.41, 5.74) is 2.90. The van der Waals surface area contributed by atoms with Crippen molar-refractivity contribution < 1.29 is 15.0 Å². The molecule has 4 nitrogen and oxygen atoms in total. The third-order valence-electron chi connectivity index (χ3n) is 4.37. The first kappa shape index (κ1) is 18.7. The van der Waals surface area contributed by atoms with Gasteiger partial charge in [0.1, 0.15) is 13.6 Å². The number of phenolic OH excluding ortho intramolecular Hbond substituents is 1. The van der Waals surface area contributed by atoms with Gasteiger partial charge in [-0.25, -0.2) is 0 Å². The lowest BCUT2D eigenvalue weighted by Gasteiger charge is -2.27. The molecule has 0 saturated heterocycles. The van der Waals surface area contributed by atoms with E-state index in [9.17, 15) is 15.0 Å². The van der Waals surface area contributed by atoms with Gasteiger partial charge in [0.15, 0.2) is 0 Å². The van der Waals surface area contributed by atoms with Crippen LogP contribution < -0.4 is 10.4 Å². The predicted octanol–water partition coefficient (Wildman–Crippen LogP) is 2.70. The molecule has 0 aliphatic rings. The predicted molar refractivity (Wildman–Crippen MR) is 108 cm³/mol. The first-order valence-corrected chi connectivity index (χ1v) is 8.72. The first-order chi connectivity index (χ1) is 13.1. The Hall–Kier alpha value is -3.05. The Morgan fingerprint density at radius 1 is 0.889 bits per heavy atom. The molecular weight excluding hydrogens is 337 g/mol. The molecule has 0 aromatic heterocycles. The quantitative estimate of drug-likeness (QED) is 0.667. The molecule has 2 N–H and O–H groups in total. The molecule has 1 amide bonds. The van der Waals surface area contributed by atoms with Gasteiger partial charge in [-0.05, 0) is 48.4 Å². The fourth-order valence-corrected chi connectivity index (χ4v) is 2.93. The highest BCUT2D eigenvalue weighted by atomic mass is 16.3. The zero-order valence-electron chi connectivity index (χ0n) is 14.8. The van der Waals surface area contributed by atoms with Crippen LogP contribution in [0.4, 0.5) is 11.4 Å². The summed E-state index contributed by atoms with van der Waals surface area (Å²) in [5.74, 6) is -0.700. The summed E-state index contributed by atoms with van der Waals surface area (Å²) in [4.78, 5) is 14.9. The minimum absolute atomic E-state index is 0.125. The molecule has 0 aliphatic heterocycles. The van der Waals surface area contributed by atoms with Crippen molar-refractivity contribution in [1.82, 2.24) is 0 Å². The van der Waals surface area contributed by atoms with Crippen molar-refractivity contribution in [3.63, 3.8) is 0 Å². The summed E-state index contributed by atoms with van der Waals surface area (Å²) in [7, 11) is 5.72. The van der Waals surface area contributed by atoms with Crippen molar-refractivity contribution in [3.8, 4) is 5.75 Å². The standard InChI is InChI=1S/C22H20BNO3/c23-18-8-6-16(7-9-18)14-17(15-25)22(27)24(19-4-2-1-3-5-19)20-10-12-21(26)13-11-20/h1-13,17,25-26H,14-15H2. The summed E-state index contributed by atoms with van der Waals surface area (Å²) >= 11 is 0. The van der Waals surface area contributed by atoms with E-state index in [4.69, 9.17) is 7.85 Å². The van der Waals surface area contributed by atoms with Crippen molar-refractivity contribution in [2.24, 2.45) is 5.92 Å². The third kappa shape index (κ3) is 4.57. The molecule has 134 valence electrons.